The topological polar surface area (TPSA) is 100 Å². The van der Waals surface area contributed by atoms with Gasteiger partial charge >= 0.3 is 12.1 Å². The van der Waals surface area contributed by atoms with Gasteiger partial charge in [0.2, 0.25) is 5.16 Å². The molecule has 0 amide bonds. The first kappa shape index (κ1) is 25.0. The number of carbonyl (C=O) groups excluding carboxylic acids is 1. The van der Waals surface area contributed by atoms with Crippen molar-refractivity contribution in [3.05, 3.63) is 10.4 Å². The highest BCUT2D eigenvalue weighted by atomic mass is 32.2. The molecule has 10 nitrogen and oxygen atoms in total. The Kier molecular flexibility index (Phi) is 7.65. The smallest absolute Gasteiger partial charge is 0.327 e. The molecule has 2 aliphatic heterocycles. The van der Waals surface area contributed by atoms with E-state index in [0.29, 0.717) is 37.7 Å². The van der Waals surface area contributed by atoms with E-state index in [9.17, 15) is 27.0 Å². The summed E-state index contributed by atoms with van der Waals surface area (Å²) in [5.41, 5.74) is -0.695. The zero-order chi connectivity index (χ0) is 24.3. The van der Waals surface area contributed by atoms with Gasteiger partial charge in [-0.1, -0.05) is 12.8 Å². The molecule has 2 unspecified atom stereocenters. The summed E-state index contributed by atoms with van der Waals surface area (Å²) in [5.74, 6) is 2.98. The second kappa shape index (κ2) is 10.1. The van der Waals surface area contributed by atoms with Gasteiger partial charge in [0.15, 0.2) is 17.8 Å². The van der Waals surface area contributed by atoms with Crippen LogP contribution in [0.2, 0.25) is 0 Å². The summed E-state index contributed by atoms with van der Waals surface area (Å²) < 4.78 is 53.1. The minimum atomic E-state index is -5.27. The summed E-state index contributed by atoms with van der Waals surface area (Å²) in [6, 6.07) is 0. The lowest BCUT2D eigenvalue weighted by atomic mass is 10.3. The van der Waals surface area contributed by atoms with Gasteiger partial charge in [-0.05, 0) is 13.3 Å². The van der Waals surface area contributed by atoms with Crippen molar-refractivity contribution in [1.29, 1.82) is 0 Å². The van der Waals surface area contributed by atoms with Crippen molar-refractivity contribution < 1.29 is 27.0 Å². The maximum Gasteiger partial charge on any atom is 0.493 e. The summed E-state index contributed by atoms with van der Waals surface area (Å²) in [5, 5.41) is 3.72. The summed E-state index contributed by atoms with van der Waals surface area (Å²) in [4.78, 5) is 37.4. The minimum absolute atomic E-state index is 0.0213. The molecule has 3 heterocycles. The van der Waals surface area contributed by atoms with E-state index < -0.39 is 34.8 Å². The molecule has 1 fully saturated rings. The predicted molar refractivity (Wildman–Crippen MR) is 115 cm³/mol. The number of fused-ring (bicyclic) bond motifs is 1. The molecular formula is C19H25F3N6O4S. The third-order valence-corrected chi connectivity index (χ3v) is 6.65. The number of rotatable bonds is 6. The Labute approximate surface area is 191 Å². The molecule has 3 rings (SSSR count). The fourth-order valence-electron chi connectivity index (χ4n) is 3.61. The number of hydroxylamine groups is 1. The molecule has 1 saturated heterocycles. The molecule has 0 spiro atoms. The molecule has 0 bridgehead atoms. The van der Waals surface area contributed by atoms with Crippen LogP contribution in [0.1, 0.15) is 20.3 Å². The van der Waals surface area contributed by atoms with Crippen LogP contribution in [-0.2, 0) is 27.5 Å². The normalized spacial score (nSPS) is 19.6. The molecule has 1 aromatic rings. The second-order valence-corrected chi connectivity index (χ2v) is 8.83. The van der Waals surface area contributed by atoms with Gasteiger partial charge in [-0.3, -0.25) is 18.5 Å². The maximum atomic E-state index is 13.3. The molecule has 0 radical (unpaired) electrons. The molecule has 0 saturated carbocycles. The number of anilines is 2. The molecule has 1 N–H and O–H groups in total. The van der Waals surface area contributed by atoms with Gasteiger partial charge in [0.05, 0.1) is 17.3 Å². The van der Waals surface area contributed by atoms with Gasteiger partial charge in [-0.2, -0.15) is 18.2 Å². The SMILES string of the molecule is CC#CCN1c2c(nc(S(=O)CCC)n(C)c2=O)N(OC(=O)C(F)(F)F)C1N1CCNCC1. The molecule has 14 heteroatoms. The van der Waals surface area contributed by atoms with Gasteiger partial charge in [-0.15, -0.1) is 11.0 Å². The Morgan fingerprint density at radius 2 is 2.00 bits per heavy atom. The van der Waals surface area contributed by atoms with Crippen LogP contribution >= 0.6 is 0 Å². The lowest BCUT2D eigenvalue weighted by molar-refractivity contribution is -0.203. The van der Waals surface area contributed by atoms with Crippen LogP contribution in [0.15, 0.2) is 9.95 Å². The van der Waals surface area contributed by atoms with Crippen molar-refractivity contribution in [2.24, 2.45) is 7.05 Å². The lowest BCUT2D eigenvalue weighted by Crippen LogP contribution is -2.61. The van der Waals surface area contributed by atoms with Gasteiger partial charge < -0.3 is 15.1 Å². The van der Waals surface area contributed by atoms with E-state index in [1.54, 1.807) is 18.7 Å². The average molecular weight is 491 g/mol. The van der Waals surface area contributed by atoms with Crippen molar-refractivity contribution >= 4 is 28.3 Å². The monoisotopic (exact) mass is 490 g/mol. The quantitative estimate of drug-likeness (QED) is 0.442. The van der Waals surface area contributed by atoms with E-state index >= 15 is 0 Å². The first-order valence-electron chi connectivity index (χ1n) is 10.3. The molecule has 182 valence electrons. The van der Waals surface area contributed by atoms with Gasteiger partial charge in [0.1, 0.15) is 0 Å². The van der Waals surface area contributed by atoms with Gasteiger partial charge in [0, 0.05) is 39.0 Å². The molecule has 2 aliphatic rings. The standard InChI is InChI=1S/C19H25F3N6O4S/c1-4-6-9-27-13-14(24-17(25(3)15(13)29)33(31)12-5-2)28(32-16(30)19(20,21)22)18(27)26-10-7-23-8-11-26/h18,23H,5,7-12H2,1-3H3. The molecular weight excluding hydrogens is 465 g/mol. The van der Waals surface area contributed by atoms with Crippen LogP contribution in [0, 0.1) is 11.8 Å². The van der Waals surface area contributed by atoms with E-state index in [0.717, 1.165) is 4.57 Å². The second-order valence-electron chi connectivity index (χ2n) is 7.37. The Hall–Kier alpha value is -2.63. The van der Waals surface area contributed by atoms with Crippen LogP contribution < -0.4 is 20.8 Å². The number of nitrogens with zero attached hydrogens (tertiary/aromatic N) is 5. The molecule has 2 atom stereocenters. The van der Waals surface area contributed by atoms with Crippen LogP contribution in [0.3, 0.4) is 0 Å². The highest BCUT2D eigenvalue weighted by Crippen LogP contribution is 2.38. The van der Waals surface area contributed by atoms with Crippen molar-refractivity contribution in [3.8, 4) is 11.8 Å². The van der Waals surface area contributed by atoms with Gasteiger partial charge in [-0.25, -0.2) is 4.79 Å². The Bertz CT molecular complexity index is 1040. The number of carbonyl (C=O) groups is 1. The lowest BCUT2D eigenvalue weighted by Gasteiger charge is -2.40. The van der Waals surface area contributed by atoms with E-state index in [1.807, 2.05) is 0 Å². The van der Waals surface area contributed by atoms with Crippen molar-refractivity contribution in [2.75, 3.05) is 48.4 Å². The number of halogens is 3. The van der Waals surface area contributed by atoms with E-state index in [4.69, 9.17) is 4.84 Å². The van der Waals surface area contributed by atoms with E-state index in [1.165, 1.54) is 11.9 Å². The average Bonchev–Trinajstić information content (AvgIpc) is 3.07. The Balaban J connectivity index is 2.20. The van der Waals surface area contributed by atoms with Crippen LogP contribution in [0.4, 0.5) is 24.7 Å². The third kappa shape index (κ3) is 4.99. The number of hydrogen-bond donors (Lipinski definition) is 1. The van der Waals surface area contributed by atoms with E-state index in [2.05, 4.69) is 22.1 Å². The Morgan fingerprint density at radius 1 is 1.33 bits per heavy atom. The van der Waals surface area contributed by atoms with Crippen molar-refractivity contribution in [3.63, 3.8) is 0 Å². The molecule has 0 aromatic carbocycles. The summed E-state index contributed by atoms with van der Waals surface area (Å²) in [7, 11) is -0.287. The fraction of sp³-hybridized carbons (Fsp3) is 0.632. The maximum absolute atomic E-state index is 13.3. The van der Waals surface area contributed by atoms with Crippen LogP contribution in [0.5, 0.6) is 0 Å². The molecule has 1 aromatic heterocycles. The van der Waals surface area contributed by atoms with Crippen LogP contribution in [0.25, 0.3) is 0 Å². The van der Waals surface area contributed by atoms with Crippen LogP contribution in [-0.4, -0.2) is 75.6 Å². The first-order chi connectivity index (χ1) is 15.6. The molecule has 33 heavy (non-hydrogen) atoms. The van der Waals surface area contributed by atoms with Crippen molar-refractivity contribution in [1.82, 2.24) is 19.8 Å². The zero-order valence-corrected chi connectivity index (χ0v) is 19.3. The number of aromatic nitrogens is 2. The van der Waals surface area contributed by atoms with E-state index in [-0.39, 0.29) is 29.0 Å². The Morgan fingerprint density at radius 3 is 2.58 bits per heavy atom. The number of hydrogen-bond acceptors (Lipinski definition) is 9. The highest BCUT2D eigenvalue weighted by Gasteiger charge is 2.50. The first-order valence-corrected chi connectivity index (χ1v) is 11.6. The fourth-order valence-corrected chi connectivity index (χ4v) is 4.74. The number of piperazine rings is 1. The predicted octanol–water partition coefficient (Wildman–Crippen LogP) is 0.157. The van der Waals surface area contributed by atoms with Crippen molar-refractivity contribution in [2.45, 2.75) is 37.9 Å². The summed E-state index contributed by atoms with van der Waals surface area (Å²) in [6.07, 6.45) is -5.81. The number of nitrogens with one attached hydrogen (secondary N) is 1. The third-order valence-electron chi connectivity index (χ3n) is 5.10. The summed E-state index contributed by atoms with van der Waals surface area (Å²) >= 11 is 0. The van der Waals surface area contributed by atoms with Gasteiger partial charge in [0.25, 0.3) is 5.56 Å². The molecule has 0 aliphatic carbocycles. The zero-order valence-electron chi connectivity index (χ0n) is 18.4. The summed E-state index contributed by atoms with van der Waals surface area (Å²) in [6.45, 7) is 5.26. The largest absolute Gasteiger partial charge is 0.493 e. The minimum Gasteiger partial charge on any atom is -0.327 e. The highest BCUT2D eigenvalue weighted by molar-refractivity contribution is 7.84. The number of alkyl halides is 3.